The molecule has 4 atom stereocenters. The van der Waals surface area contributed by atoms with E-state index in [4.69, 9.17) is 36.3 Å². The Bertz CT molecular complexity index is 7600. The first-order valence-electron chi connectivity index (χ1n) is 46.4. The molecule has 10 aliphatic heterocycles. The van der Waals surface area contributed by atoms with Gasteiger partial charge in [0.25, 0.3) is 47.3 Å². The number of rotatable bonds is 17. The van der Waals surface area contributed by atoms with Crippen LogP contribution < -0.4 is 67.2 Å². The Morgan fingerprint density at radius 2 is 0.799 bits per heavy atom. The first-order chi connectivity index (χ1) is 71.3. The number of fused-ring (bicyclic) bond motifs is 4. The number of primary amides is 1. The highest BCUT2D eigenvalue weighted by atomic mass is 35.5. The molecule has 20 rings (SSSR count). The SMILES string of the molecule is COc1ccc2c(c1)C(=O)N(C[C@@]1(C#Cc3ccc(-c4ccc(F)cc4O)nc3)NC(=O)NC1=O)C2.COc1ccc2c(c1)C(=O)N(C[C@@]1(C#Cc3ccc(-c4cccc(Cl)c4O)nc3)NC(=O)NC1=O)C2.COc1ccc2c(c1F)C(=O)N(C[C@@]1(C#Cc3ccc(C4(C#N)CCN(C)CC4)cc3)NC(=O)NC1=O)C2.COc1ccc2c(c1F)C(=O)N(C[C@@]1(C#Cc3ccc(C4(C(N)=O)CCN(C)CC4)cc3)NC(=O)NC1=O)C2. The minimum Gasteiger partial charge on any atom is -0.507 e. The molecule has 149 heavy (non-hydrogen) atoms. The molecular weight excluding hydrogens is 1950 g/mol. The predicted molar refractivity (Wildman–Crippen MR) is 528 cm³/mol. The quantitative estimate of drug-likeness (QED) is 0.0307. The number of hydrogen-bond donors (Lipinski definition) is 11. The van der Waals surface area contributed by atoms with Gasteiger partial charge in [0.2, 0.25) is 28.1 Å². The normalized spacial score (nSPS) is 20.2. The second-order valence-electron chi connectivity index (χ2n) is 36.7. The number of likely N-dealkylation sites (tertiary alicyclic amines) is 2. The Morgan fingerprint density at radius 1 is 0.430 bits per heavy atom. The van der Waals surface area contributed by atoms with E-state index in [2.05, 4.69) is 116 Å². The molecule has 6 fully saturated rings. The van der Waals surface area contributed by atoms with Gasteiger partial charge in [0.05, 0.1) is 99.1 Å². The van der Waals surface area contributed by atoms with Gasteiger partial charge in [-0.1, -0.05) is 114 Å². The average Bonchev–Trinajstić information content (AvgIpc) is 1.62. The molecule has 41 heteroatoms. The number of amides is 17. The zero-order valence-corrected chi connectivity index (χ0v) is 81.3. The molecule has 17 amide bonds. The molecule has 756 valence electrons. The third kappa shape index (κ3) is 20.4. The Labute approximate surface area is 854 Å². The molecule has 2 aromatic heterocycles. The number of para-hydroxylation sites is 1. The fraction of sp³-hybridized carbons (Fsp3) is 0.259. The second-order valence-corrected chi connectivity index (χ2v) is 37.1. The maximum atomic E-state index is 14.8. The number of piperidine rings is 2. The summed E-state index contributed by atoms with van der Waals surface area (Å²) in [6.45, 7) is 2.92. The molecule has 0 spiro atoms. The van der Waals surface area contributed by atoms with Crippen LogP contribution in [0.4, 0.5) is 32.3 Å². The molecule has 0 aliphatic carbocycles. The van der Waals surface area contributed by atoms with E-state index in [-0.39, 0.29) is 109 Å². The molecule has 0 saturated carbocycles. The molecule has 37 nitrogen and oxygen atoms in total. The van der Waals surface area contributed by atoms with Gasteiger partial charge in [0, 0.05) is 89.1 Å². The molecule has 0 unspecified atom stereocenters. The van der Waals surface area contributed by atoms with Crippen molar-refractivity contribution in [1.82, 2.24) is 81.9 Å². The van der Waals surface area contributed by atoms with Crippen molar-refractivity contribution in [2.24, 2.45) is 5.73 Å². The van der Waals surface area contributed by atoms with Crippen LogP contribution >= 0.6 is 11.6 Å². The van der Waals surface area contributed by atoms with E-state index < -0.39 is 110 Å². The lowest BCUT2D eigenvalue weighted by molar-refractivity contribution is -0.125. The van der Waals surface area contributed by atoms with Crippen molar-refractivity contribution in [2.75, 3.05) is 94.9 Å². The van der Waals surface area contributed by atoms with Crippen molar-refractivity contribution in [3.05, 3.63) is 283 Å². The number of urea groups is 4. The molecule has 6 saturated heterocycles. The summed E-state index contributed by atoms with van der Waals surface area (Å²) in [6.07, 6.45) is 5.60. The Morgan fingerprint density at radius 3 is 1.16 bits per heavy atom. The second kappa shape index (κ2) is 41.4. The number of imide groups is 4. The number of ether oxygens (including phenoxy) is 4. The number of carbonyl (C=O) groups is 13. The van der Waals surface area contributed by atoms with E-state index in [9.17, 15) is 91.0 Å². The lowest BCUT2D eigenvalue weighted by Crippen LogP contribution is -2.54. The van der Waals surface area contributed by atoms with Gasteiger partial charge in [0.1, 0.15) is 28.8 Å². The van der Waals surface area contributed by atoms with Gasteiger partial charge in [-0.3, -0.25) is 74.4 Å². The highest BCUT2D eigenvalue weighted by Crippen LogP contribution is 2.42. The number of nitrogens with one attached hydrogen (secondary N) is 8. The van der Waals surface area contributed by atoms with E-state index in [1.54, 1.807) is 127 Å². The van der Waals surface area contributed by atoms with E-state index in [1.165, 1.54) is 84.7 Å². The monoisotopic (exact) mass is 2040 g/mol. The van der Waals surface area contributed by atoms with Crippen LogP contribution in [0.5, 0.6) is 34.5 Å². The molecule has 12 heterocycles. The third-order valence-electron chi connectivity index (χ3n) is 27.4. The van der Waals surface area contributed by atoms with Crippen LogP contribution in [0.15, 0.2) is 182 Å². The first kappa shape index (κ1) is 102. The van der Waals surface area contributed by atoms with Crippen molar-refractivity contribution in [2.45, 2.75) is 84.8 Å². The fourth-order valence-electron chi connectivity index (χ4n) is 18.9. The van der Waals surface area contributed by atoms with Gasteiger partial charge in [-0.2, -0.15) is 5.26 Å². The number of pyridine rings is 2. The topological polar surface area (TPSA) is 491 Å². The lowest BCUT2D eigenvalue weighted by Gasteiger charge is -2.38. The molecular formula is C108H92ClF3N18O19. The van der Waals surface area contributed by atoms with E-state index in [0.717, 1.165) is 67.3 Å². The van der Waals surface area contributed by atoms with Crippen molar-refractivity contribution in [3.8, 4) is 110 Å². The Kier molecular flexibility index (Phi) is 28.4. The number of nitrogens with two attached hydrogens (primary N) is 1. The summed E-state index contributed by atoms with van der Waals surface area (Å²) >= 11 is 5.98. The summed E-state index contributed by atoms with van der Waals surface area (Å²) in [4.78, 5) is 182. The zero-order chi connectivity index (χ0) is 106. The van der Waals surface area contributed by atoms with Crippen LogP contribution in [0, 0.1) is 76.1 Å². The number of halogens is 4. The number of aromatic hydroxyl groups is 2. The van der Waals surface area contributed by atoms with Crippen molar-refractivity contribution in [1.29, 1.82) is 5.26 Å². The molecule has 12 N–H and O–H groups in total. The van der Waals surface area contributed by atoms with Crippen LogP contribution in [-0.4, -0.2) is 244 Å². The maximum Gasteiger partial charge on any atom is 0.323 e. The molecule has 0 bridgehead atoms. The van der Waals surface area contributed by atoms with Crippen LogP contribution in [0.25, 0.3) is 22.5 Å². The summed E-state index contributed by atoms with van der Waals surface area (Å²) < 4.78 is 63.2. The van der Waals surface area contributed by atoms with Crippen LogP contribution in [0.2, 0.25) is 5.02 Å². The molecule has 8 aromatic carbocycles. The van der Waals surface area contributed by atoms with Gasteiger partial charge in [-0.05, 0) is 209 Å². The van der Waals surface area contributed by atoms with E-state index in [0.29, 0.717) is 91.4 Å². The van der Waals surface area contributed by atoms with Gasteiger partial charge in [-0.25, -0.2) is 32.3 Å². The van der Waals surface area contributed by atoms with Gasteiger partial charge in [-0.15, -0.1) is 0 Å². The number of nitrogens with zero attached hydrogens (tertiary/aromatic N) is 9. The van der Waals surface area contributed by atoms with Crippen LogP contribution in [0.1, 0.15) is 123 Å². The smallest absolute Gasteiger partial charge is 0.323 e. The molecule has 10 aromatic rings. The zero-order valence-electron chi connectivity index (χ0n) is 80.6. The summed E-state index contributed by atoms with van der Waals surface area (Å²) in [6, 6.07) is 45.5. The van der Waals surface area contributed by atoms with Crippen molar-refractivity contribution in [3.63, 3.8) is 0 Å². The van der Waals surface area contributed by atoms with E-state index >= 15 is 0 Å². The number of phenols is 2. The number of aromatic nitrogens is 2. The summed E-state index contributed by atoms with van der Waals surface area (Å²) in [5.41, 5.74) is 6.32. The van der Waals surface area contributed by atoms with E-state index in [1.807, 2.05) is 26.2 Å². The van der Waals surface area contributed by atoms with Crippen molar-refractivity contribution < 1.29 is 105 Å². The summed E-state index contributed by atoms with van der Waals surface area (Å²) in [5.74, 6) is 16.5. The largest absolute Gasteiger partial charge is 0.507 e. The van der Waals surface area contributed by atoms with Crippen LogP contribution in [0.3, 0.4) is 0 Å². The average molecular weight is 2040 g/mol. The number of benzene rings is 8. The minimum atomic E-state index is -1.74. The fourth-order valence-corrected chi connectivity index (χ4v) is 19.1. The standard InChI is InChI=1S/C28H28FN5O5.C28H26FN5O4.C26H19ClN4O5.C26H19FN4O5/c1-33-13-11-27(12-14-33,24(30)36)19-6-3-17(4-7-19)9-10-28(25(37)31-26(38)32-28)16-34-15-18-5-8-20(39-2)22(29)21(18)23(34)35;1-33-13-11-27(16-30,12-14-33)20-6-3-18(4-7-20)9-10-28(25(36)31-26(37)32-28)17-34-15-19-5-8-21(38-2)23(29)22(19)24(34)35;1-36-17-7-6-16-13-31(23(33)19(16)11-17)14-26(24(34)29-25(35)30-26)10-9-15-5-8-21(28-12-15)18-3-2-4-20(27)22(18)32;1-36-18-5-3-16-13-31(23(33)20(16)11-18)14-26(24(34)29-25(35)30-26)9-8-15-2-7-21(28-12-15)19-6-4-17(27)10-22(19)32/h3-8H,11-16H2,1-2H3,(H2,30,36)(H2,31,32,37,38);3-8H,11-15,17H2,1-2H3,(H2,31,32,36,37);2-8,11-12,32H,13-14H2,1H3,(H2,29,30,34,35);2-7,10-12,32H,13-14H2,1H3,(H2,29,30,34,35)/t2*28-;2*26-/m1111/s1. The van der Waals surface area contributed by atoms with Crippen LogP contribution in [-0.2, 0) is 61.0 Å². The van der Waals surface area contributed by atoms with Gasteiger partial charge < -0.3 is 85.6 Å². The van der Waals surface area contributed by atoms with Gasteiger partial charge in [0.15, 0.2) is 23.1 Å². The summed E-state index contributed by atoms with van der Waals surface area (Å²) in [7, 11) is 9.67. The lowest BCUT2D eigenvalue weighted by atomic mass is 9.72. The number of carbonyl (C=O) groups excluding carboxylic acids is 13. The predicted octanol–water partition coefficient (Wildman–Crippen LogP) is 7.67. The third-order valence-corrected chi connectivity index (χ3v) is 27.7. The maximum absolute atomic E-state index is 14.8. The number of hydrogen-bond acceptors (Lipinski definition) is 24. The summed E-state index contributed by atoms with van der Waals surface area (Å²) in [5, 5.41) is 49.2. The van der Waals surface area contributed by atoms with Crippen molar-refractivity contribution >= 4 is 88.9 Å². The number of phenolic OH excluding ortho intramolecular Hbond substituents is 2. The Balaban J connectivity index is 0.000000135. The minimum absolute atomic E-state index is 0.0424. The Hall–Kier alpha value is -18.3. The first-order valence-corrected chi connectivity index (χ1v) is 46.8. The number of nitriles is 1. The van der Waals surface area contributed by atoms with Gasteiger partial charge >= 0.3 is 24.1 Å². The highest BCUT2D eigenvalue weighted by molar-refractivity contribution is 6.32. The number of methoxy groups -OCH3 is 4. The molecule has 0 radical (unpaired) electrons. The highest BCUT2D eigenvalue weighted by Gasteiger charge is 2.54. The molecule has 10 aliphatic rings.